The molecule has 0 atom stereocenters. The number of halogens is 1. The number of fused-ring (bicyclic) bond motifs is 1. The number of hydrogen-bond acceptors (Lipinski definition) is 2. The second kappa shape index (κ2) is 4.82. The van der Waals surface area contributed by atoms with Crippen LogP contribution in [0.3, 0.4) is 0 Å². The van der Waals surface area contributed by atoms with Crippen LogP contribution in [0.2, 0.25) is 0 Å². The number of benzene rings is 1. The molecule has 1 N–H and O–H groups in total. The highest BCUT2D eigenvalue weighted by Gasteiger charge is 2.10. The van der Waals surface area contributed by atoms with Crippen molar-refractivity contribution in [1.82, 2.24) is 5.32 Å². The molecule has 17 heavy (non-hydrogen) atoms. The molecule has 0 aliphatic heterocycles. The molecule has 3 nitrogen and oxygen atoms in total. The topological polar surface area (TPSA) is 42.2 Å². The zero-order chi connectivity index (χ0) is 12.3. The fourth-order valence-electron chi connectivity index (χ4n) is 1.61. The SMILES string of the molecule is C=CCNC(=O)Cc1coc2ccc(F)cc12. The van der Waals surface area contributed by atoms with E-state index in [1.54, 1.807) is 12.1 Å². The minimum atomic E-state index is -0.341. The smallest absolute Gasteiger partial charge is 0.224 e. The summed E-state index contributed by atoms with van der Waals surface area (Å²) in [7, 11) is 0. The van der Waals surface area contributed by atoms with Crippen LogP contribution in [-0.2, 0) is 11.2 Å². The van der Waals surface area contributed by atoms with E-state index in [0.29, 0.717) is 23.1 Å². The Bertz CT molecular complexity index is 560. The standard InChI is InChI=1S/C13H12FNO2/c1-2-5-15-13(16)6-9-8-17-12-4-3-10(14)7-11(9)12/h2-4,7-8H,1,5-6H2,(H,15,16). The minimum Gasteiger partial charge on any atom is -0.464 e. The molecular weight excluding hydrogens is 221 g/mol. The van der Waals surface area contributed by atoms with Crippen LogP contribution in [-0.4, -0.2) is 12.5 Å². The molecule has 0 saturated heterocycles. The van der Waals surface area contributed by atoms with E-state index in [9.17, 15) is 9.18 Å². The molecule has 88 valence electrons. The Balaban J connectivity index is 2.21. The van der Waals surface area contributed by atoms with Crippen LogP contribution < -0.4 is 5.32 Å². The lowest BCUT2D eigenvalue weighted by molar-refractivity contribution is -0.120. The van der Waals surface area contributed by atoms with E-state index in [0.717, 1.165) is 0 Å². The predicted octanol–water partition coefficient (Wildman–Crippen LogP) is 2.42. The largest absolute Gasteiger partial charge is 0.464 e. The summed E-state index contributed by atoms with van der Waals surface area (Å²) in [6, 6.07) is 4.25. The number of hydrogen-bond donors (Lipinski definition) is 1. The van der Waals surface area contributed by atoms with Crippen molar-refractivity contribution in [2.24, 2.45) is 0 Å². The van der Waals surface area contributed by atoms with Crippen LogP contribution in [0.5, 0.6) is 0 Å². The quantitative estimate of drug-likeness (QED) is 0.824. The highest BCUT2D eigenvalue weighted by molar-refractivity contribution is 5.87. The van der Waals surface area contributed by atoms with Crippen LogP contribution in [0, 0.1) is 5.82 Å². The number of nitrogens with one attached hydrogen (secondary N) is 1. The Labute approximate surface area is 97.9 Å². The van der Waals surface area contributed by atoms with Crippen molar-refractivity contribution in [2.75, 3.05) is 6.54 Å². The molecule has 1 aromatic carbocycles. The van der Waals surface area contributed by atoms with Crippen LogP contribution in [0.25, 0.3) is 11.0 Å². The first kappa shape index (κ1) is 11.4. The van der Waals surface area contributed by atoms with Crippen molar-refractivity contribution in [3.05, 3.63) is 48.5 Å². The van der Waals surface area contributed by atoms with Gasteiger partial charge in [0.25, 0.3) is 0 Å². The maximum absolute atomic E-state index is 13.1. The molecule has 0 spiro atoms. The van der Waals surface area contributed by atoms with Gasteiger partial charge < -0.3 is 9.73 Å². The molecule has 1 amide bonds. The summed E-state index contributed by atoms with van der Waals surface area (Å²) in [6.07, 6.45) is 3.26. The predicted molar refractivity (Wildman–Crippen MR) is 63.1 cm³/mol. The Morgan fingerprint density at radius 1 is 1.53 bits per heavy atom. The molecule has 0 fully saturated rings. The van der Waals surface area contributed by atoms with Gasteiger partial charge in [0, 0.05) is 17.5 Å². The summed E-state index contributed by atoms with van der Waals surface area (Å²) < 4.78 is 18.3. The van der Waals surface area contributed by atoms with E-state index in [4.69, 9.17) is 4.42 Å². The Hall–Kier alpha value is -2.10. The minimum absolute atomic E-state index is 0.142. The van der Waals surface area contributed by atoms with Gasteiger partial charge in [0.05, 0.1) is 12.7 Å². The second-order valence-electron chi connectivity index (χ2n) is 3.67. The van der Waals surface area contributed by atoms with Gasteiger partial charge in [-0.15, -0.1) is 6.58 Å². The third-order valence-corrected chi connectivity index (χ3v) is 2.41. The Morgan fingerprint density at radius 2 is 2.35 bits per heavy atom. The first-order valence-electron chi connectivity index (χ1n) is 5.24. The highest BCUT2D eigenvalue weighted by atomic mass is 19.1. The second-order valence-corrected chi connectivity index (χ2v) is 3.67. The van der Waals surface area contributed by atoms with Crippen LogP contribution in [0.1, 0.15) is 5.56 Å². The van der Waals surface area contributed by atoms with Gasteiger partial charge in [-0.05, 0) is 18.2 Å². The molecule has 1 aromatic heterocycles. The fraction of sp³-hybridized carbons (Fsp3) is 0.154. The number of rotatable bonds is 4. The molecule has 0 bridgehead atoms. The van der Waals surface area contributed by atoms with Crippen LogP contribution >= 0.6 is 0 Å². The molecule has 1 heterocycles. The normalized spacial score (nSPS) is 10.4. The van der Waals surface area contributed by atoms with Crippen LogP contribution in [0.4, 0.5) is 4.39 Å². The van der Waals surface area contributed by atoms with Crippen LogP contribution in [0.15, 0.2) is 41.5 Å². The van der Waals surface area contributed by atoms with Crippen molar-refractivity contribution in [3.8, 4) is 0 Å². The molecule has 0 saturated carbocycles. The monoisotopic (exact) mass is 233 g/mol. The maximum atomic E-state index is 13.1. The van der Waals surface area contributed by atoms with Gasteiger partial charge in [-0.2, -0.15) is 0 Å². The first-order valence-corrected chi connectivity index (χ1v) is 5.24. The number of carbonyl (C=O) groups excluding carboxylic acids is 1. The maximum Gasteiger partial charge on any atom is 0.224 e. The molecule has 0 unspecified atom stereocenters. The lowest BCUT2D eigenvalue weighted by atomic mass is 10.1. The third-order valence-electron chi connectivity index (χ3n) is 2.41. The summed E-state index contributed by atoms with van der Waals surface area (Å²) in [6.45, 7) is 3.93. The van der Waals surface area contributed by atoms with Gasteiger partial charge in [-0.3, -0.25) is 4.79 Å². The zero-order valence-corrected chi connectivity index (χ0v) is 9.20. The number of carbonyl (C=O) groups is 1. The number of amides is 1. The lowest BCUT2D eigenvalue weighted by Gasteiger charge is -2.00. The third kappa shape index (κ3) is 2.53. The zero-order valence-electron chi connectivity index (χ0n) is 9.20. The van der Waals surface area contributed by atoms with Gasteiger partial charge in [0.1, 0.15) is 11.4 Å². The van der Waals surface area contributed by atoms with Gasteiger partial charge in [-0.25, -0.2) is 4.39 Å². The van der Waals surface area contributed by atoms with E-state index >= 15 is 0 Å². The van der Waals surface area contributed by atoms with Gasteiger partial charge >= 0.3 is 0 Å². The highest BCUT2D eigenvalue weighted by Crippen LogP contribution is 2.22. The summed E-state index contributed by atoms with van der Waals surface area (Å²) in [5.41, 5.74) is 1.26. The van der Waals surface area contributed by atoms with Crippen molar-refractivity contribution in [3.63, 3.8) is 0 Å². The van der Waals surface area contributed by atoms with Crippen molar-refractivity contribution >= 4 is 16.9 Å². The lowest BCUT2D eigenvalue weighted by Crippen LogP contribution is -2.24. The van der Waals surface area contributed by atoms with Crippen molar-refractivity contribution in [2.45, 2.75) is 6.42 Å². The molecule has 0 aliphatic carbocycles. The van der Waals surface area contributed by atoms with E-state index in [-0.39, 0.29) is 18.1 Å². The summed E-state index contributed by atoms with van der Waals surface area (Å²) in [4.78, 5) is 11.5. The van der Waals surface area contributed by atoms with E-state index in [1.165, 1.54) is 18.4 Å². The van der Waals surface area contributed by atoms with Crippen molar-refractivity contribution < 1.29 is 13.6 Å². The molecule has 2 aromatic rings. The van der Waals surface area contributed by atoms with Gasteiger partial charge in [-0.1, -0.05) is 6.08 Å². The summed E-state index contributed by atoms with van der Waals surface area (Å²) >= 11 is 0. The molecular formula is C13H12FNO2. The van der Waals surface area contributed by atoms with E-state index in [1.807, 2.05) is 0 Å². The molecule has 0 aliphatic rings. The van der Waals surface area contributed by atoms with E-state index in [2.05, 4.69) is 11.9 Å². The number of furan rings is 1. The van der Waals surface area contributed by atoms with E-state index < -0.39 is 0 Å². The van der Waals surface area contributed by atoms with Gasteiger partial charge in [0.2, 0.25) is 5.91 Å². The van der Waals surface area contributed by atoms with Crippen molar-refractivity contribution in [1.29, 1.82) is 0 Å². The van der Waals surface area contributed by atoms with Gasteiger partial charge in [0.15, 0.2) is 0 Å². The fourth-order valence-corrected chi connectivity index (χ4v) is 1.61. The average molecular weight is 233 g/mol. The average Bonchev–Trinajstić information content (AvgIpc) is 2.69. The summed E-state index contributed by atoms with van der Waals surface area (Å²) in [5.74, 6) is -0.483. The summed E-state index contributed by atoms with van der Waals surface area (Å²) in [5, 5.41) is 3.30. The molecule has 2 rings (SSSR count). The molecule has 4 heteroatoms. The Morgan fingerprint density at radius 3 is 3.12 bits per heavy atom. The Kier molecular flexibility index (Phi) is 3.23. The molecule has 0 radical (unpaired) electrons. The first-order chi connectivity index (χ1) is 8.20.